The van der Waals surface area contributed by atoms with Crippen LogP contribution in [0.2, 0.25) is 0 Å². The van der Waals surface area contributed by atoms with Gasteiger partial charge in [0.25, 0.3) is 0 Å². The van der Waals surface area contributed by atoms with Crippen molar-refractivity contribution in [3.63, 3.8) is 0 Å². The van der Waals surface area contributed by atoms with Gasteiger partial charge < -0.3 is 25.1 Å². The second kappa shape index (κ2) is 12.9. The molecule has 1 saturated heterocycles. The summed E-state index contributed by atoms with van der Waals surface area (Å²) in [6, 6.07) is 21.9. The number of aromatic carboxylic acids is 1. The fourth-order valence-corrected chi connectivity index (χ4v) is 4.74. The van der Waals surface area contributed by atoms with Crippen LogP contribution in [0.15, 0.2) is 85.2 Å². The highest BCUT2D eigenvalue weighted by molar-refractivity contribution is 6.00. The number of pyridine rings is 1. The lowest BCUT2D eigenvalue weighted by atomic mass is 10.0. The molecule has 7 heteroatoms. The zero-order chi connectivity index (χ0) is 26.9. The molecule has 4 aromatic rings. The number of nitrogens with zero attached hydrogens (tertiary/aromatic N) is 2. The number of carboxylic acids is 1. The lowest BCUT2D eigenvalue weighted by Gasteiger charge is -2.30. The lowest BCUT2D eigenvalue weighted by molar-refractivity contribution is -0.605. The molecular formula is C31H34N2O5. The van der Waals surface area contributed by atoms with Crippen molar-refractivity contribution < 1.29 is 24.5 Å². The number of likely N-dealkylation sites (tertiary alicyclic amines) is 1. The number of carboxylic acid groups (broad SMARTS) is 1. The van der Waals surface area contributed by atoms with Gasteiger partial charge in [0.05, 0.1) is 6.61 Å². The summed E-state index contributed by atoms with van der Waals surface area (Å²) in [4.78, 5) is 13.3. The smallest absolute Gasteiger partial charge is 0.339 e. The third-order valence-corrected chi connectivity index (χ3v) is 6.75. The maximum absolute atomic E-state index is 11.1. The number of carbonyl (C=O) groups is 1. The van der Waals surface area contributed by atoms with Gasteiger partial charge in [0.1, 0.15) is 17.1 Å². The van der Waals surface area contributed by atoms with E-state index in [1.54, 1.807) is 18.2 Å². The Morgan fingerprint density at radius 1 is 1.03 bits per heavy atom. The minimum atomic E-state index is -1.12. The monoisotopic (exact) mass is 514 g/mol. The van der Waals surface area contributed by atoms with E-state index in [2.05, 4.69) is 11.8 Å². The molecule has 1 aliphatic rings. The molecule has 198 valence electrons. The van der Waals surface area contributed by atoms with Crippen LogP contribution in [0, 0.1) is 11.1 Å². The predicted octanol–water partition coefficient (Wildman–Crippen LogP) is 5.73. The van der Waals surface area contributed by atoms with Gasteiger partial charge in [-0.3, -0.25) is 0 Å². The number of rotatable bonds is 7. The van der Waals surface area contributed by atoms with Crippen molar-refractivity contribution in [3.8, 4) is 22.6 Å². The van der Waals surface area contributed by atoms with E-state index in [0.717, 1.165) is 52.5 Å². The largest absolute Gasteiger partial charge is 0.619 e. The highest BCUT2D eigenvalue weighted by Gasteiger charge is 2.15. The molecule has 1 atom stereocenters. The Morgan fingerprint density at radius 3 is 2.45 bits per heavy atom. The number of aromatic nitrogens is 1. The van der Waals surface area contributed by atoms with Gasteiger partial charge in [-0.05, 0) is 66.4 Å². The van der Waals surface area contributed by atoms with E-state index in [9.17, 15) is 15.1 Å². The van der Waals surface area contributed by atoms with E-state index in [1.807, 2.05) is 48.5 Å². The topological polar surface area (TPSA) is 96.9 Å². The molecule has 38 heavy (non-hydrogen) atoms. The van der Waals surface area contributed by atoms with Crippen LogP contribution in [-0.4, -0.2) is 47.3 Å². The fraction of sp³-hybridized carbons (Fsp3) is 0.290. The Labute approximate surface area is 223 Å². The molecule has 7 nitrogen and oxygen atoms in total. The SMILES string of the molecule is CC1CCCN(CCCOc2ccc(-c3cc[n+]([O-])cc3)cc2)C1.O=C(O)c1ccc2ccccc2c1O. The summed E-state index contributed by atoms with van der Waals surface area (Å²) in [7, 11) is 0. The molecule has 1 fully saturated rings. The second-order valence-corrected chi connectivity index (χ2v) is 9.71. The molecular weight excluding hydrogens is 480 g/mol. The van der Waals surface area contributed by atoms with Crippen LogP contribution in [0.5, 0.6) is 11.5 Å². The first-order valence-electron chi connectivity index (χ1n) is 13.0. The number of piperidine rings is 1. The average molecular weight is 515 g/mol. The predicted molar refractivity (Wildman–Crippen MR) is 148 cm³/mol. The van der Waals surface area contributed by atoms with E-state index >= 15 is 0 Å². The van der Waals surface area contributed by atoms with E-state index in [4.69, 9.17) is 9.84 Å². The van der Waals surface area contributed by atoms with Crippen molar-refractivity contribution in [2.45, 2.75) is 26.2 Å². The summed E-state index contributed by atoms with van der Waals surface area (Å²) in [5.41, 5.74) is 2.06. The number of aromatic hydroxyl groups is 1. The van der Waals surface area contributed by atoms with Crippen molar-refractivity contribution >= 4 is 16.7 Å². The fourth-order valence-electron chi connectivity index (χ4n) is 4.74. The quantitative estimate of drug-likeness (QED) is 0.186. The van der Waals surface area contributed by atoms with Crippen molar-refractivity contribution in [1.82, 2.24) is 4.90 Å². The van der Waals surface area contributed by atoms with E-state index in [0.29, 0.717) is 5.39 Å². The van der Waals surface area contributed by atoms with Crippen LogP contribution in [-0.2, 0) is 0 Å². The van der Waals surface area contributed by atoms with Crippen LogP contribution in [0.3, 0.4) is 0 Å². The van der Waals surface area contributed by atoms with Crippen molar-refractivity contribution in [2.75, 3.05) is 26.2 Å². The molecule has 5 rings (SSSR count). The van der Waals surface area contributed by atoms with Gasteiger partial charge in [-0.15, -0.1) is 0 Å². The summed E-state index contributed by atoms with van der Waals surface area (Å²) in [5.74, 6) is 0.450. The standard InChI is InChI=1S/C20H26N2O2.C11H8O3/c1-17-4-2-11-21(16-17)12-3-15-24-20-7-5-18(6-8-20)19-9-13-22(23)14-10-19;12-10-8-4-2-1-3-7(8)5-6-9(10)11(13)14/h5-10,13-14,17H,2-4,11-12,15-16H2,1H3;1-6,12H,(H,13,14). The van der Waals surface area contributed by atoms with Gasteiger partial charge in [0.2, 0.25) is 0 Å². The summed E-state index contributed by atoms with van der Waals surface area (Å²) < 4.78 is 6.65. The molecule has 3 aromatic carbocycles. The summed E-state index contributed by atoms with van der Waals surface area (Å²) in [5, 5.41) is 30.9. The van der Waals surface area contributed by atoms with Gasteiger partial charge >= 0.3 is 5.97 Å². The molecule has 0 aliphatic carbocycles. The minimum Gasteiger partial charge on any atom is -0.619 e. The zero-order valence-electron chi connectivity index (χ0n) is 21.6. The molecule has 0 bridgehead atoms. The van der Waals surface area contributed by atoms with Crippen LogP contribution in [0.4, 0.5) is 0 Å². The van der Waals surface area contributed by atoms with E-state index in [-0.39, 0.29) is 11.3 Å². The maximum Gasteiger partial charge on any atom is 0.339 e. The van der Waals surface area contributed by atoms with Crippen molar-refractivity contribution in [2.24, 2.45) is 5.92 Å². The first-order chi connectivity index (χ1) is 18.4. The van der Waals surface area contributed by atoms with E-state index < -0.39 is 5.97 Å². The van der Waals surface area contributed by atoms with Crippen LogP contribution in [0.1, 0.15) is 36.5 Å². The Morgan fingerprint density at radius 2 is 1.74 bits per heavy atom. The Balaban J connectivity index is 0.000000204. The third kappa shape index (κ3) is 7.23. The van der Waals surface area contributed by atoms with Gasteiger partial charge in [-0.2, -0.15) is 4.73 Å². The lowest BCUT2D eigenvalue weighted by Crippen LogP contribution is -2.35. The Hall–Kier alpha value is -4.10. The minimum absolute atomic E-state index is 0.0660. The first-order valence-corrected chi connectivity index (χ1v) is 13.0. The highest BCUT2D eigenvalue weighted by Crippen LogP contribution is 2.28. The first kappa shape index (κ1) is 26.9. The number of fused-ring (bicyclic) bond motifs is 1. The van der Waals surface area contributed by atoms with Gasteiger partial charge in [-0.1, -0.05) is 49.4 Å². The maximum atomic E-state index is 11.1. The normalized spacial score (nSPS) is 15.4. The molecule has 1 unspecified atom stereocenters. The van der Waals surface area contributed by atoms with Gasteiger partial charge in [0, 0.05) is 30.6 Å². The van der Waals surface area contributed by atoms with Gasteiger partial charge in [-0.25, -0.2) is 4.79 Å². The number of hydrogen-bond acceptors (Lipinski definition) is 5. The molecule has 0 spiro atoms. The summed E-state index contributed by atoms with van der Waals surface area (Å²) in [6.45, 7) is 6.69. The molecule has 0 saturated carbocycles. The summed E-state index contributed by atoms with van der Waals surface area (Å²) in [6.07, 6.45) is 6.80. The molecule has 1 aromatic heterocycles. The average Bonchev–Trinajstić information content (AvgIpc) is 2.93. The molecule has 0 radical (unpaired) electrons. The zero-order valence-corrected chi connectivity index (χ0v) is 21.6. The molecule has 1 aliphatic heterocycles. The van der Waals surface area contributed by atoms with E-state index in [1.165, 1.54) is 44.4 Å². The number of benzene rings is 3. The van der Waals surface area contributed by atoms with Crippen LogP contribution >= 0.6 is 0 Å². The third-order valence-electron chi connectivity index (χ3n) is 6.75. The Bertz CT molecular complexity index is 1340. The highest BCUT2D eigenvalue weighted by atomic mass is 16.5. The summed E-state index contributed by atoms with van der Waals surface area (Å²) >= 11 is 0. The van der Waals surface area contributed by atoms with Crippen LogP contribution in [0.25, 0.3) is 21.9 Å². The van der Waals surface area contributed by atoms with Crippen molar-refractivity contribution in [3.05, 3.63) is 96.0 Å². The number of phenols is 1. The Kier molecular flexibility index (Phi) is 9.16. The second-order valence-electron chi connectivity index (χ2n) is 9.71. The number of hydrogen-bond donors (Lipinski definition) is 2. The number of ether oxygens (including phenoxy) is 1. The van der Waals surface area contributed by atoms with Gasteiger partial charge in [0.15, 0.2) is 12.4 Å². The molecule has 2 N–H and O–H groups in total. The van der Waals surface area contributed by atoms with Crippen LogP contribution < -0.4 is 9.47 Å². The molecule has 0 amide bonds. The van der Waals surface area contributed by atoms with Crippen molar-refractivity contribution in [1.29, 1.82) is 0 Å². The molecule has 2 heterocycles.